The first-order valence-corrected chi connectivity index (χ1v) is 6.51. The number of hydrogen-bond donors (Lipinski definition) is 0. The van der Waals surface area contributed by atoms with Gasteiger partial charge < -0.3 is 0 Å². The number of Topliss-reactive ketones (excluding diaryl/α,β-unsaturated/α-hetero) is 1. The Balaban J connectivity index is 2.38. The van der Waals surface area contributed by atoms with Gasteiger partial charge in [0.1, 0.15) is 0 Å². The summed E-state index contributed by atoms with van der Waals surface area (Å²) in [4.78, 5) is 32.5. The van der Waals surface area contributed by atoms with E-state index in [9.17, 15) is 9.59 Å². The van der Waals surface area contributed by atoms with Gasteiger partial charge in [0.2, 0.25) is 0 Å². The summed E-state index contributed by atoms with van der Waals surface area (Å²) in [6.07, 6.45) is 4.97. The second kappa shape index (κ2) is 4.94. The van der Waals surface area contributed by atoms with Gasteiger partial charge in [0.25, 0.3) is 5.56 Å². The second-order valence-electron chi connectivity index (χ2n) is 4.90. The first-order chi connectivity index (χ1) is 10.1. The summed E-state index contributed by atoms with van der Waals surface area (Å²) in [6.45, 7) is 3.31. The van der Waals surface area contributed by atoms with Crippen LogP contribution in [0.15, 0.2) is 47.7 Å². The van der Waals surface area contributed by atoms with E-state index in [4.69, 9.17) is 0 Å². The van der Waals surface area contributed by atoms with Gasteiger partial charge in [0.15, 0.2) is 11.4 Å². The third-order valence-corrected chi connectivity index (χ3v) is 3.25. The maximum absolute atomic E-state index is 12.3. The van der Waals surface area contributed by atoms with Crippen LogP contribution in [0.3, 0.4) is 0 Å². The van der Waals surface area contributed by atoms with Crippen LogP contribution in [0, 0.1) is 6.92 Å². The van der Waals surface area contributed by atoms with Crippen LogP contribution in [0.2, 0.25) is 0 Å². The largest absolute Gasteiger partial charge is 0.294 e. The average molecular weight is 279 g/mol. The number of rotatable bonds is 2. The summed E-state index contributed by atoms with van der Waals surface area (Å²) >= 11 is 0. The van der Waals surface area contributed by atoms with Crippen molar-refractivity contribution >= 4 is 11.4 Å². The molecule has 0 bridgehead atoms. The molecule has 0 amide bonds. The van der Waals surface area contributed by atoms with E-state index in [1.807, 2.05) is 6.92 Å². The molecule has 5 nitrogen and oxygen atoms in total. The van der Waals surface area contributed by atoms with Crippen molar-refractivity contribution in [2.45, 2.75) is 13.8 Å². The van der Waals surface area contributed by atoms with Crippen LogP contribution in [-0.2, 0) is 0 Å². The van der Waals surface area contributed by atoms with E-state index in [0.717, 1.165) is 11.1 Å². The highest BCUT2D eigenvalue weighted by Crippen LogP contribution is 2.17. The van der Waals surface area contributed by atoms with Gasteiger partial charge in [0, 0.05) is 30.2 Å². The van der Waals surface area contributed by atoms with E-state index in [0.29, 0.717) is 16.9 Å². The average Bonchev–Trinajstić information content (AvgIpc) is 2.48. The number of nitrogens with zero attached hydrogens (tertiary/aromatic N) is 3. The smallest absolute Gasteiger partial charge is 0.258 e. The third-order valence-electron chi connectivity index (χ3n) is 3.25. The van der Waals surface area contributed by atoms with Crippen LogP contribution in [0.25, 0.3) is 16.9 Å². The first-order valence-electron chi connectivity index (χ1n) is 6.51. The highest BCUT2D eigenvalue weighted by molar-refractivity contribution is 6.00. The van der Waals surface area contributed by atoms with Crippen LogP contribution in [0.4, 0.5) is 0 Å². The molecule has 21 heavy (non-hydrogen) atoms. The lowest BCUT2D eigenvalue weighted by Gasteiger charge is -2.08. The predicted octanol–water partition coefficient (Wildman–Crippen LogP) is 2.27. The molecule has 0 fully saturated rings. The van der Waals surface area contributed by atoms with Crippen molar-refractivity contribution < 1.29 is 4.79 Å². The van der Waals surface area contributed by atoms with Crippen LogP contribution in [-0.4, -0.2) is 20.2 Å². The Hall–Kier alpha value is -2.82. The van der Waals surface area contributed by atoms with Gasteiger partial charge in [-0.3, -0.25) is 19.0 Å². The minimum Gasteiger partial charge on any atom is -0.294 e. The lowest BCUT2D eigenvalue weighted by molar-refractivity contribution is 0.101. The van der Waals surface area contributed by atoms with Gasteiger partial charge >= 0.3 is 0 Å². The summed E-state index contributed by atoms with van der Waals surface area (Å²) in [6, 6.07) is 6.77. The number of aryl methyl sites for hydroxylation is 1. The third kappa shape index (κ3) is 2.33. The van der Waals surface area contributed by atoms with Crippen molar-refractivity contribution in [2.24, 2.45) is 0 Å². The minimum atomic E-state index is -0.210. The SMILES string of the molecule is CC(=O)c1cc(C)cn2c(=O)cc(-c3ccncc3)nc12. The van der Waals surface area contributed by atoms with Gasteiger partial charge in [-0.2, -0.15) is 0 Å². The second-order valence-corrected chi connectivity index (χ2v) is 4.90. The van der Waals surface area contributed by atoms with E-state index in [-0.39, 0.29) is 11.3 Å². The van der Waals surface area contributed by atoms with Crippen molar-refractivity contribution in [3.63, 3.8) is 0 Å². The van der Waals surface area contributed by atoms with Crippen LogP contribution in [0.5, 0.6) is 0 Å². The van der Waals surface area contributed by atoms with Gasteiger partial charge in [-0.05, 0) is 37.6 Å². The first kappa shape index (κ1) is 13.2. The summed E-state index contributed by atoms with van der Waals surface area (Å²) in [5.74, 6) is -0.116. The molecule has 3 aromatic rings. The Morgan fingerprint density at radius 2 is 1.90 bits per heavy atom. The van der Waals surface area contributed by atoms with Crippen molar-refractivity contribution in [1.29, 1.82) is 0 Å². The summed E-state index contributed by atoms with van der Waals surface area (Å²) in [7, 11) is 0. The predicted molar refractivity (Wildman–Crippen MR) is 79.4 cm³/mol. The summed E-state index contributed by atoms with van der Waals surface area (Å²) in [5.41, 5.74) is 2.79. The normalized spacial score (nSPS) is 10.8. The molecule has 0 radical (unpaired) electrons. The fraction of sp³-hybridized carbons (Fsp3) is 0.125. The molecular formula is C16H13N3O2. The molecule has 104 valence electrons. The van der Waals surface area contributed by atoms with Gasteiger partial charge in [-0.15, -0.1) is 0 Å². The quantitative estimate of drug-likeness (QED) is 0.675. The molecule has 0 aromatic carbocycles. The van der Waals surface area contributed by atoms with E-state index in [1.165, 1.54) is 17.4 Å². The Labute approximate surface area is 120 Å². The maximum atomic E-state index is 12.3. The standard InChI is InChI=1S/C16H13N3O2/c1-10-7-13(11(2)20)16-18-14(8-15(21)19(16)9-10)12-3-5-17-6-4-12/h3-9H,1-2H3. The topological polar surface area (TPSA) is 64.3 Å². The number of fused-ring (bicyclic) bond motifs is 1. The van der Waals surface area contributed by atoms with Crippen molar-refractivity contribution in [3.05, 3.63) is 64.3 Å². The minimum absolute atomic E-state index is 0.116. The lowest BCUT2D eigenvalue weighted by atomic mass is 10.1. The zero-order valence-corrected chi connectivity index (χ0v) is 11.7. The van der Waals surface area contributed by atoms with E-state index in [2.05, 4.69) is 9.97 Å². The van der Waals surface area contributed by atoms with E-state index in [1.54, 1.807) is 36.8 Å². The lowest BCUT2D eigenvalue weighted by Crippen LogP contribution is -2.17. The number of carbonyl (C=O) groups is 1. The molecule has 0 aliphatic rings. The van der Waals surface area contributed by atoms with Crippen LogP contribution in [0.1, 0.15) is 22.8 Å². The molecule has 0 N–H and O–H groups in total. The molecular weight excluding hydrogens is 266 g/mol. The molecule has 3 rings (SSSR count). The van der Waals surface area contributed by atoms with Gasteiger partial charge in [0.05, 0.1) is 11.3 Å². The van der Waals surface area contributed by atoms with Gasteiger partial charge in [-0.1, -0.05) is 0 Å². The Morgan fingerprint density at radius 1 is 1.19 bits per heavy atom. The highest BCUT2D eigenvalue weighted by Gasteiger charge is 2.12. The zero-order valence-electron chi connectivity index (χ0n) is 11.7. The Morgan fingerprint density at radius 3 is 2.57 bits per heavy atom. The Kier molecular flexibility index (Phi) is 3.10. The molecule has 0 aliphatic heterocycles. The number of pyridine rings is 2. The monoisotopic (exact) mass is 279 g/mol. The summed E-state index contributed by atoms with van der Waals surface area (Å²) < 4.78 is 1.41. The molecule has 3 heterocycles. The van der Waals surface area contributed by atoms with Crippen molar-refractivity contribution in [1.82, 2.24) is 14.4 Å². The van der Waals surface area contributed by atoms with Crippen LogP contribution >= 0.6 is 0 Å². The fourth-order valence-electron chi connectivity index (χ4n) is 2.27. The number of aromatic nitrogens is 3. The molecule has 0 atom stereocenters. The molecule has 5 heteroatoms. The Bertz CT molecular complexity index is 899. The molecule has 0 saturated carbocycles. The number of carbonyl (C=O) groups excluding carboxylic acids is 1. The van der Waals surface area contributed by atoms with Gasteiger partial charge in [-0.25, -0.2) is 4.98 Å². The summed E-state index contributed by atoms with van der Waals surface area (Å²) in [5, 5.41) is 0. The molecule has 3 aromatic heterocycles. The van der Waals surface area contributed by atoms with E-state index < -0.39 is 0 Å². The highest BCUT2D eigenvalue weighted by atomic mass is 16.1. The molecule has 0 unspecified atom stereocenters. The van der Waals surface area contributed by atoms with E-state index >= 15 is 0 Å². The van der Waals surface area contributed by atoms with Crippen molar-refractivity contribution in [3.8, 4) is 11.3 Å². The van der Waals surface area contributed by atoms with Crippen LogP contribution < -0.4 is 5.56 Å². The van der Waals surface area contributed by atoms with Crippen molar-refractivity contribution in [2.75, 3.05) is 0 Å². The number of ketones is 1. The molecule has 0 saturated heterocycles. The number of hydrogen-bond acceptors (Lipinski definition) is 4. The molecule has 0 spiro atoms. The zero-order chi connectivity index (χ0) is 15.0. The maximum Gasteiger partial charge on any atom is 0.258 e. The fourth-order valence-corrected chi connectivity index (χ4v) is 2.27. The molecule has 0 aliphatic carbocycles.